The van der Waals surface area contributed by atoms with E-state index in [0.717, 1.165) is 12.0 Å². The SMILES string of the molecule is Brc1ccc(C2CCCN(C3CCCCC3)C2)cc1. The van der Waals surface area contributed by atoms with Crippen molar-refractivity contribution in [2.24, 2.45) is 0 Å². The molecule has 2 fully saturated rings. The number of piperidine rings is 1. The molecule has 1 nitrogen and oxygen atoms in total. The van der Waals surface area contributed by atoms with Crippen LogP contribution in [0.3, 0.4) is 0 Å². The van der Waals surface area contributed by atoms with Crippen LogP contribution < -0.4 is 0 Å². The highest BCUT2D eigenvalue weighted by molar-refractivity contribution is 9.10. The fourth-order valence-electron chi connectivity index (χ4n) is 3.79. The summed E-state index contributed by atoms with van der Waals surface area (Å²) in [6.45, 7) is 2.62. The Morgan fingerprint density at radius 1 is 0.895 bits per heavy atom. The predicted octanol–water partition coefficient (Wildman–Crippen LogP) is 4.96. The van der Waals surface area contributed by atoms with Gasteiger partial charge >= 0.3 is 0 Å². The minimum absolute atomic E-state index is 0.753. The Balaban J connectivity index is 1.65. The van der Waals surface area contributed by atoms with E-state index >= 15 is 0 Å². The molecule has 1 aromatic carbocycles. The van der Waals surface area contributed by atoms with Crippen molar-refractivity contribution >= 4 is 15.9 Å². The fraction of sp³-hybridized carbons (Fsp3) is 0.647. The molecule has 0 spiro atoms. The number of hydrogen-bond donors (Lipinski definition) is 0. The highest BCUT2D eigenvalue weighted by Gasteiger charge is 2.27. The lowest BCUT2D eigenvalue weighted by atomic mass is 9.87. The van der Waals surface area contributed by atoms with Gasteiger partial charge in [0.2, 0.25) is 0 Å². The van der Waals surface area contributed by atoms with Gasteiger partial charge in [0.05, 0.1) is 0 Å². The van der Waals surface area contributed by atoms with Gasteiger partial charge in [-0.25, -0.2) is 0 Å². The molecule has 1 heterocycles. The number of nitrogens with zero attached hydrogens (tertiary/aromatic N) is 1. The van der Waals surface area contributed by atoms with E-state index in [1.165, 1.54) is 68.1 Å². The van der Waals surface area contributed by atoms with Gasteiger partial charge in [-0.3, -0.25) is 4.90 Å². The highest BCUT2D eigenvalue weighted by atomic mass is 79.9. The maximum absolute atomic E-state index is 3.53. The lowest BCUT2D eigenvalue weighted by Gasteiger charge is -2.40. The Morgan fingerprint density at radius 2 is 1.63 bits per heavy atom. The van der Waals surface area contributed by atoms with Gasteiger partial charge in [0.15, 0.2) is 0 Å². The molecule has 1 saturated heterocycles. The number of likely N-dealkylation sites (tertiary alicyclic amines) is 1. The summed E-state index contributed by atoms with van der Waals surface area (Å²) in [5, 5.41) is 0. The van der Waals surface area contributed by atoms with Crippen LogP contribution in [0.15, 0.2) is 28.7 Å². The Morgan fingerprint density at radius 3 is 2.37 bits per heavy atom. The molecule has 0 radical (unpaired) electrons. The van der Waals surface area contributed by atoms with Crippen LogP contribution in [0.2, 0.25) is 0 Å². The van der Waals surface area contributed by atoms with Gasteiger partial charge in [0, 0.05) is 17.1 Å². The van der Waals surface area contributed by atoms with Crippen LogP contribution in [0.1, 0.15) is 56.4 Å². The molecule has 19 heavy (non-hydrogen) atoms. The average molecular weight is 322 g/mol. The van der Waals surface area contributed by atoms with Gasteiger partial charge in [-0.15, -0.1) is 0 Å². The van der Waals surface area contributed by atoms with Gasteiger partial charge in [0.25, 0.3) is 0 Å². The van der Waals surface area contributed by atoms with E-state index in [1.54, 1.807) is 0 Å². The summed E-state index contributed by atoms with van der Waals surface area (Å²) in [5.74, 6) is 0.753. The van der Waals surface area contributed by atoms with Crippen LogP contribution >= 0.6 is 15.9 Å². The minimum Gasteiger partial charge on any atom is -0.300 e. The standard InChI is InChI=1S/C17H24BrN/c18-16-10-8-14(9-11-16)15-5-4-12-19(13-15)17-6-2-1-3-7-17/h8-11,15,17H,1-7,12-13H2. The van der Waals surface area contributed by atoms with Crippen LogP contribution in [-0.2, 0) is 0 Å². The van der Waals surface area contributed by atoms with Gasteiger partial charge in [0.1, 0.15) is 0 Å². The fourth-order valence-corrected chi connectivity index (χ4v) is 4.06. The van der Waals surface area contributed by atoms with Gasteiger partial charge < -0.3 is 0 Å². The summed E-state index contributed by atoms with van der Waals surface area (Å²) < 4.78 is 1.19. The van der Waals surface area contributed by atoms with Crippen LogP contribution in [0.5, 0.6) is 0 Å². The molecule has 1 aromatic rings. The zero-order chi connectivity index (χ0) is 13.1. The molecule has 1 aliphatic carbocycles. The van der Waals surface area contributed by atoms with Crippen LogP contribution in [-0.4, -0.2) is 24.0 Å². The molecule has 1 aliphatic heterocycles. The van der Waals surface area contributed by atoms with Crippen molar-refractivity contribution in [1.82, 2.24) is 4.90 Å². The van der Waals surface area contributed by atoms with Gasteiger partial charge in [-0.2, -0.15) is 0 Å². The minimum atomic E-state index is 0.753. The Bertz CT molecular complexity index is 394. The first kappa shape index (κ1) is 13.6. The number of rotatable bonds is 2. The summed E-state index contributed by atoms with van der Waals surface area (Å²) in [4.78, 5) is 2.79. The van der Waals surface area contributed by atoms with E-state index < -0.39 is 0 Å². The Kier molecular flexibility index (Phi) is 4.60. The van der Waals surface area contributed by atoms with Crippen LogP contribution in [0, 0.1) is 0 Å². The third kappa shape index (κ3) is 3.41. The van der Waals surface area contributed by atoms with E-state index in [2.05, 4.69) is 45.1 Å². The second kappa shape index (κ2) is 6.41. The van der Waals surface area contributed by atoms with Crippen molar-refractivity contribution in [3.05, 3.63) is 34.3 Å². The summed E-state index contributed by atoms with van der Waals surface area (Å²) in [5.41, 5.74) is 1.53. The van der Waals surface area contributed by atoms with Gasteiger partial charge in [-0.1, -0.05) is 47.3 Å². The van der Waals surface area contributed by atoms with E-state index in [-0.39, 0.29) is 0 Å². The molecule has 1 saturated carbocycles. The van der Waals surface area contributed by atoms with Crippen molar-refractivity contribution in [2.75, 3.05) is 13.1 Å². The second-order valence-corrected chi connectivity index (χ2v) is 7.09. The van der Waals surface area contributed by atoms with Crippen molar-refractivity contribution < 1.29 is 0 Å². The monoisotopic (exact) mass is 321 g/mol. The first-order valence-electron chi connectivity index (χ1n) is 7.82. The smallest absolute Gasteiger partial charge is 0.0175 e. The predicted molar refractivity (Wildman–Crippen MR) is 84.6 cm³/mol. The Hall–Kier alpha value is -0.340. The maximum atomic E-state index is 3.53. The Labute approximate surface area is 125 Å². The molecule has 1 atom stereocenters. The van der Waals surface area contributed by atoms with Gasteiger partial charge in [-0.05, 0) is 55.8 Å². The molecule has 3 rings (SSSR count). The summed E-state index contributed by atoms with van der Waals surface area (Å²) in [6.07, 6.45) is 9.97. The molecule has 104 valence electrons. The zero-order valence-electron chi connectivity index (χ0n) is 11.7. The van der Waals surface area contributed by atoms with E-state index in [4.69, 9.17) is 0 Å². The molecule has 0 N–H and O–H groups in total. The van der Waals surface area contributed by atoms with Crippen LogP contribution in [0.4, 0.5) is 0 Å². The zero-order valence-corrected chi connectivity index (χ0v) is 13.2. The summed E-state index contributed by atoms with van der Waals surface area (Å²) >= 11 is 3.53. The number of hydrogen-bond acceptors (Lipinski definition) is 1. The summed E-state index contributed by atoms with van der Waals surface area (Å²) in [7, 11) is 0. The third-order valence-electron chi connectivity index (χ3n) is 4.89. The maximum Gasteiger partial charge on any atom is 0.0175 e. The first-order chi connectivity index (χ1) is 9.33. The molecule has 0 amide bonds. The third-order valence-corrected chi connectivity index (χ3v) is 5.41. The number of benzene rings is 1. The molecular weight excluding hydrogens is 298 g/mol. The molecule has 2 heteroatoms. The lowest BCUT2D eigenvalue weighted by Crippen LogP contribution is -2.42. The van der Waals surface area contributed by atoms with Crippen LogP contribution in [0.25, 0.3) is 0 Å². The first-order valence-corrected chi connectivity index (χ1v) is 8.62. The quantitative estimate of drug-likeness (QED) is 0.744. The van der Waals surface area contributed by atoms with E-state index in [0.29, 0.717) is 0 Å². The second-order valence-electron chi connectivity index (χ2n) is 6.18. The normalized spacial score (nSPS) is 26.5. The average Bonchev–Trinajstić information content (AvgIpc) is 2.49. The van der Waals surface area contributed by atoms with E-state index in [9.17, 15) is 0 Å². The van der Waals surface area contributed by atoms with Crippen molar-refractivity contribution in [2.45, 2.75) is 56.9 Å². The van der Waals surface area contributed by atoms with E-state index in [1.807, 2.05) is 0 Å². The topological polar surface area (TPSA) is 3.24 Å². The molecular formula is C17H24BrN. The molecule has 2 aliphatic rings. The van der Waals surface area contributed by atoms with Crippen molar-refractivity contribution in [3.8, 4) is 0 Å². The highest BCUT2D eigenvalue weighted by Crippen LogP contribution is 2.32. The van der Waals surface area contributed by atoms with Crippen molar-refractivity contribution in [3.63, 3.8) is 0 Å². The van der Waals surface area contributed by atoms with Crippen molar-refractivity contribution in [1.29, 1.82) is 0 Å². The summed E-state index contributed by atoms with van der Waals surface area (Å²) in [6, 6.07) is 9.87. The number of halogens is 1. The largest absolute Gasteiger partial charge is 0.300 e. The molecule has 0 aromatic heterocycles. The molecule has 0 bridgehead atoms. The lowest BCUT2D eigenvalue weighted by molar-refractivity contribution is 0.119. The molecule has 1 unspecified atom stereocenters.